The number of ether oxygens (including phenoxy) is 1. The Morgan fingerprint density at radius 3 is 2.18 bits per heavy atom. The third-order valence-electron chi connectivity index (χ3n) is 6.36. The molecular formula is C26H30N2O5. The Bertz CT molecular complexity index is 972. The van der Waals surface area contributed by atoms with Gasteiger partial charge in [0.05, 0.1) is 0 Å². The zero-order valence-corrected chi connectivity index (χ0v) is 18.6. The quantitative estimate of drug-likeness (QED) is 0.448. The van der Waals surface area contributed by atoms with Gasteiger partial charge in [-0.2, -0.15) is 0 Å². The molecule has 1 saturated carbocycles. The van der Waals surface area contributed by atoms with Gasteiger partial charge in [-0.25, -0.2) is 4.79 Å². The molecule has 0 aliphatic heterocycles. The van der Waals surface area contributed by atoms with Crippen LogP contribution in [0.5, 0.6) is 0 Å². The number of carboxylic acid groups (broad SMARTS) is 1. The summed E-state index contributed by atoms with van der Waals surface area (Å²) in [5.74, 6) is -0.899. The Kier molecular flexibility index (Phi) is 7.27. The monoisotopic (exact) mass is 450 g/mol. The topological polar surface area (TPSA) is 105 Å². The first kappa shape index (κ1) is 22.8. The van der Waals surface area contributed by atoms with E-state index in [9.17, 15) is 14.4 Å². The van der Waals surface area contributed by atoms with Gasteiger partial charge in [-0.3, -0.25) is 9.59 Å². The molecule has 4 rings (SSSR count). The molecule has 0 saturated heterocycles. The highest BCUT2D eigenvalue weighted by atomic mass is 16.5. The number of carbonyl (C=O) groups excluding carboxylic acids is 2. The summed E-state index contributed by atoms with van der Waals surface area (Å²) in [5, 5.41) is 14.3. The Labute approximate surface area is 193 Å². The summed E-state index contributed by atoms with van der Waals surface area (Å²) in [5.41, 5.74) is 4.62. The van der Waals surface area contributed by atoms with Crippen LogP contribution in [0, 0.1) is 5.92 Å². The van der Waals surface area contributed by atoms with Crippen molar-refractivity contribution < 1.29 is 24.2 Å². The molecule has 0 aromatic heterocycles. The molecule has 0 heterocycles. The fourth-order valence-corrected chi connectivity index (χ4v) is 4.49. The van der Waals surface area contributed by atoms with Crippen molar-refractivity contribution in [2.24, 2.45) is 5.92 Å². The Balaban J connectivity index is 1.28. The molecule has 174 valence electrons. The number of fused-ring (bicyclic) bond motifs is 3. The van der Waals surface area contributed by atoms with Gasteiger partial charge in [-0.05, 0) is 53.9 Å². The molecule has 1 atom stereocenters. The van der Waals surface area contributed by atoms with E-state index in [2.05, 4.69) is 34.9 Å². The lowest BCUT2D eigenvalue weighted by Crippen LogP contribution is -2.48. The number of hydrogen-bond acceptors (Lipinski definition) is 4. The van der Waals surface area contributed by atoms with E-state index in [0.29, 0.717) is 19.4 Å². The van der Waals surface area contributed by atoms with Crippen molar-refractivity contribution in [2.75, 3.05) is 13.2 Å². The lowest BCUT2D eigenvalue weighted by molar-refractivity contribution is -0.137. The van der Waals surface area contributed by atoms with E-state index in [0.717, 1.165) is 30.4 Å². The number of carboxylic acids is 1. The fourth-order valence-electron chi connectivity index (χ4n) is 4.49. The molecule has 33 heavy (non-hydrogen) atoms. The Hall–Kier alpha value is -3.35. The summed E-state index contributed by atoms with van der Waals surface area (Å²) in [6.45, 7) is 0.677. The van der Waals surface area contributed by atoms with Gasteiger partial charge >= 0.3 is 12.1 Å². The number of nitrogens with one attached hydrogen (secondary N) is 2. The lowest BCUT2D eigenvalue weighted by atomic mass is 9.98. The smallest absolute Gasteiger partial charge is 0.407 e. The fraction of sp³-hybridized carbons (Fsp3) is 0.423. The highest BCUT2D eigenvalue weighted by molar-refractivity contribution is 5.86. The minimum atomic E-state index is -0.805. The number of alkyl carbamates (subject to hydrolysis) is 1. The Morgan fingerprint density at radius 1 is 0.939 bits per heavy atom. The molecule has 2 aliphatic rings. The van der Waals surface area contributed by atoms with Gasteiger partial charge in [0.1, 0.15) is 12.6 Å². The van der Waals surface area contributed by atoms with E-state index in [4.69, 9.17) is 9.84 Å². The van der Waals surface area contributed by atoms with Gasteiger partial charge in [0.25, 0.3) is 0 Å². The van der Waals surface area contributed by atoms with Gasteiger partial charge in [0, 0.05) is 18.9 Å². The molecule has 1 fully saturated rings. The average Bonchev–Trinajstić information content (AvgIpc) is 3.60. The molecule has 2 aromatic rings. The number of amides is 2. The first-order valence-corrected chi connectivity index (χ1v) is 11.7. The van der Waals surface area contributed by atoms with Crippen molar-refractivity contribution in [1.82, 2.24) is 10.6 Å². The van der Waals surface area contributed by atoms with E-state index >= 15 is 0 Å². The van der Waals surface area contributed by atoms with Gasteiger partial charge < -0.3 is 20.5 Å². The number of aliphatic carboxylic acids is 1. The largest absolute Gasteiger partial charge is 0.481 e. The van der Waals surface area contributed by atoms with E-state index in [1.807, 2.05) is 24.3 Å². The normalized spacial score (nSPS) is 15.3. The molecule has 7 nitrogen and oxygen atoms in total. The predicted molar refractivity (Wildman–Crippen MR) is 124 cm³/mol. The minimum Gasteiger partial charge on any atom is -0.481 e. The maximum Gasteiger partial charge on any atom is 0.407 e. The van der Waals surface area contributed by atoms with Crippen LogP contribution in [0.25, 0.3) is 11.1 Å². The van der Waals surface area contributed by atoms with E-state index in [1.165, 1.54) is 11.1 Å². The van der Waals surface area contributed by atoms with E-state index < -0.39 is 18.1 Å². The minimum absolute atomic E-state index is 0.0258. The van der Waals surface area contributed by atoms with Crippen LogP contribution in [0.1, 0.15) is 55.6 Å². The number of carbonyl (C=O) groups is 3. The van der Waals surface area contributed by atoms with E-state index in [1.54, 1.807) is 0 Å². The van der Waals surface area contributed by atoms with Crippen LogP contribution in [-0.2, 0) is 14.3 Å². The van der Waals surface area contributed by atoms with Crippen molar-refractivity contribution in [3.63, 3.8) is 0 Å². The van der Waals surface area contributed by atoms with Crippen molar-refractivity contribution >= 4 is 18.0 Å². The molecule has 1 unspecified atom stereocenters. The molecular weight excluding hydrogens is 420 g/mol. The van der Waals surface area contributed by atoms with Crippen LogP contribution in [-0.4, -0.2) is 42.3 Å². The summed E-state index contributed by atoms with van der Waals surface area (Å²) in [4.78, 5) is 35.7. The molecule has 7 heteroatoms. The SMILES string of the molecule is O=C(O)CCCCCNC(=O)C(NC(=O)OCC1c2ccccc2-c2ccccc21)C1CC1. The summed E-state index contributed by atoms with van der Waals surface area (Å²) < 4.78 is 5.59. The second-order valence-corrected chi connectivity index (χ2v) is 8.78. The van der Waals surface area contributed by atoms with Crippen LogP contribution in [0.15, 0.2) is 48.5 Å². The first-order valence-electron chi connectivity index (χ1n) is 11.7. The van der Waals surface area contributed by atoms with Crippen molar-refractivity contribution in [3.05, 3.63) is 59.7 Å². The molecule has 0 spiro atoms. The zero-order valence-electron chi connectivity index (χ0n) is 18.6. The van der Waals surface area contributed by atoms with Gasteiger partial charge in [0.15, 0.2) is 0 Å². The molecule has 0 radical (unpaired) electrons. The van der Waals surface area contributed by atoms with Crippen LogP contribution in [0.4, 0.5) is 4.79 Å². The standard InChI is InChI=1S/C26H30N2O5/c29-23(30)12-2-1-7-15-27-25(31)24(17-13-14-17)28-26(32)33-16-22-20-10-5-3-8-18(20)19-9-4-6-11-21(19)22/h3-6,8-11,17,22,24H,1-2,7,12-16H2,(H,27,31)(H,28,32)(H,29,30). The number of rotatable bonds is 11. The van der Waals surface area contributed by atoms with Gasteiger partial charge in [-0.15, -0.1) is 0 Å². The van der Waals surface area contributed by atoms with Gasteiger partial charge in [-0.1, -0.05) is 55.0 Å². The second-order valence-electron chi connectivity index (χ2n) is 8.78. The van der Waals surface area contributed by atoms with Crippen LogP contribution in [0.3, 0.4) is 0 Å². The molecule has 0 bridgehead atoms. The number of hydrogen-bond donors (Lipinski definition) is 3. The highest BCUT2D eigenvalue weighted by Crippen LogP contribution is 2.44. The van der Waals surface area contributed by atoms with E-state index in [-0.39, 0.29) is 30.8 Å². The molecule has 3 N–H and O–H groups in total. The summed E-state index contributed by atoms with van der Waals surface area (Å²) in [6.07, 6.45) is 3.41. The average molecular weight is 451 g/mol. The number of benzene rings is 2. The van der Waals surface area contributed by atoms with Crippen LogP contribution >= 0.6 is 0 Å². The highest BCUT2D eigenvalue weighted by Gasteiger charge is 2.38. The second kappa shape index (κ2) is 10.5. The molecule has 2 amide bonds. The maximum atomic E-state index is 12.6. The summed E-state index contributed by atoms with van der Waals surface area (Å²) >= 11 is 0. The van der Waals surface area contributed by atoms with Crippen molar-refractivity contribution in [2.45, 2.75) is 50.5 Å². The zero-order chi connectivity index (χ0) is 23.2. The molecule has 2 aromatic carbocycles. The van der Waals surface area contributed by atoms with Crippen LogP contribution < -0.4 is 10.6 Å². The lowest BCUT2D eigenvalue weighted by Gasteiger charge is -2.19. The van der Waals surface area contributed by atoms with Crippen molar-refractivity contribution in [3.8, 4) is 11.1 Å². The maximum absolute atomic E-state index is 12.6. The number of unbranched alkanes of at least 4 members (excludes halogenated alkanes) is 2. The third kappa shape index (κ3) is 5.72. The summed E-state index contributed by atoms with van der Waals surface area (Å²) in [6, 6.07) is 15.7. The Morgan fingerprint density at radius 2 is 1.58 bits per heavy atom. The van der Waals surface area contributed by atoms with Crippen LogP contribution in [0.2, 0.25) is 0 Å². The summed E-state index contributed by atoms with van der Waals surface area (Å²) in [7, 11) is 0. The first-order chi connectivity index (χ1) is 16.0. The predicted octanol–water partition coefficient (Wildman–Crippen LogP) is 4.06. The van der Waals surface area contributed by atoms with Crippen molar-refractivity contribution in [1.29, 1.82) is 0 Å². The molecule has 2 aliphatic carbocycles. The third-order valence-corrected chi connectivity index (χ3v) is 6.36. The van der Waals surface area contributed by atoms with Gasteiger partial charge in [0.2, 0.25) is 5.91 Å².